The highest BCUT2D eigenvalue weighted by Gasteiger charge is 2.09. The number of benzene rings is 1. The Balaban J connectivity index is 1.87. The highest BCUT2D eigenvalue weighted by Crippen LogP contribution is 2.22. The Bertz CT molecular complexity index is 763. The maximum atomic E-state index is 11.1. The molecule has 0 amide bonds. The molecule has 0 atom stereocenters. The second-order valence-corrected chi connectivity index (χ2v) is 6.97. The molecule has 0 aliphatic heterocycles. The third kappa shape index (κ3) is 6.46. The first-order chi connectivity index (χ1) is 12.0. The highest BCUT2D eigenvalue weighted by atomic mass is 32.3. The Morgan fingerprint density at radius 1 is 1.24 bits per heavy atom. The Labute approximate surface area is 150 Å². The standard InChI is InChI=1S/C14H19N5O4S2/c1-3-19(9-4-10-23-25(20,21)22-2)13-7-5-12(6-8-13)16-18-14-17-15-11-24-14/h5-8,11H,3-4,9-10H2,1-2H3. The quantitative estimate of drug-likeness (QED) is 0.457. The number of nitrogens with zero attached hydrogens (tertiary/aromatic N) is 5. The molecule has 1 aromatic carbocycles. The van der Waals surface area contributed by atoms with Crippen molar-refractivity contribution in [3.8, 4) is 0 Å². The molecule has 25 heavy (non-hydrogen) atoms. The van der Waals surface area contributed by atoms with E-state index in [1.54, 1.807) is 5.51 Å². The van der Waals surface area contributed by atoms with Gasteiger partial charge >= 0.3 is 10.4 Å². The first kappa shape index (κ1) is 19.4. The number of aromatic nitrogens is 2. The topological polar surface area (TPSA) is 106 Å². The summed E-state index contributed by atoms with van der Waals surface area (Å²) in [5, 5.41) is 16.1. The maximum absolute atomic E-state index is 11.1. The number of anilines is 1. The summed E-state index contributed by atoms with van der Waals surface area (Å²) in [4.78, 5) is 2.11. The van der Waals surface area contributed by atoms with Gasteiger partial charge in [-0.05, 0) is 37.6 Å². The fourth-order valence-electron chi connectivity index (χ4n) is 1.98. The first-order valence-electron chi connectivity index (χ1n) is 7.52. The van der Waals surface area contributed by atoms with E-state index >= 15 is 0 Å². The van der Waals surface area contributed by atoms with Gasteiger partial charge in [-0.3, -0.25) is 4.18 Å². The molecule has 2 rings (SSSR count). The van der Waals surface area contributed by atoms with Crippen molar-refractivity contribution < 1.29 is 16.8 Å². The number of rotatable bonds is 10. The monoisotopic (exact) mass is 385 g/mol. The zero-order chi connectivity index (χ0) is 18.1. The van der Waals surface area contributed by atoms with E-state index in [1.807, 2.05) is 31.2 Å². The van der Waals surface area contributed by atoms with Gasteiger partial charge in [0.15, 0.2) is 0 Å². The van der Waals surface area contributed by atoms with E-state index in [0.717, 1.165) is 19.3 Å². The van der Waals surface area contributed by atoms with Crippen LogP contribution in [-0.4, -0.2) is 45.4 Å². The molecule has 0 saturated heterocycles. The molecular formula is C14H19N5O4S2. The molecule has 0 saturated carbocycles. The van der Waals surface area contributed by atoms with Crippen LogP contribution in [0.2, 0.25) is 0 Å². The lowest BCUT2D eigenvalue weighted by atomic mass is 10.2. The van der Waals surface area contributed by atoms with Gasteiger partial charge in [-0.2, -0.15) is 8.42 Å². The van der Waals surface area contributed by atoms with Crippen LogP contribution >= 0.6 is 11.3 Å². The Morgan fingerprint density at radius 2 is 2.00 bits per heavy atom. The molecule has 0 radical (unpaired) electrons. The van der Waals surface area contributed by atoms with Gasteiger partial charge in [0.2, 0.25) is 0 Å². The molecule has 0 unspecified atom stereocenters. The summed E-state index contributed by atoms with van der Waals surface area (Å²) in [6.07, 6.45) is 0.551. The van der Waals surface area contributed by atoms with Crippen molar-refractivity contribution in [1.29, 1.82) is 0 Å². The summed E-state index contributed by atoms with van der Waals surface area (Å²) < 4.78 is 31.1. The summed E-state index contributed by atoms with van der Waals surface area (Å²) in [6, 6.07) is 7.58. The average Bonchev–Trinajstić information content (AvgIpc) is 3.14. The van der Waals surface area contributed by atoms with Gasteiger partial charge in [-0.25, -0.2) is 4.18 Å². The highest BCUT2D eigenvalue weighted by molar-refractivity contribution is 7.81. The third-order valence-corrected chi connectivity index (χ3v) is 4.64. The molecule has 136 valence electrons. The zero-order valence-corrected chi connectivity index (χ0v) is 15.5. The number of hydrogen-bond donors (Lipinski definition) is 0. The van der Waals surface area contributed by atoms with E-state index in [-0.39, 0.29) is 6.61 Å². The third-order valence-electron chi connectivity index (χ3n) is 3.20. The normalized spacial score (nSPS) is 11.9. The van der Waals surface area contributed by atoms with E-state index in [4.69, 9.17) is 0 Å². The smallest absolute Gasteiger partial charge is 0.372 e. The molecular weight excluding hydrogens is 366 g/mol. The van der Waals surface area contributed by atoms with Gasteiger partial charge < -0.3 is 4.90 Å². The molecule has 0 aliphatic rings. The maximum Gasteiger partial charge on any atom is 0.399 e. The SMILES string of the molecule is CCN(CCCOS(=O)(=O)OC)c1ccc(N=Nc2nncs2)cc1. The first-order valence-corrected chi connectivity index (χ1v) is 9.73. The Kier molecular flexibility index (Phi) is 7.37. The Morgan fingerprint density at radius 3 is 2.60 bits per heavy atom. The fourth-order valence-corrected chi connectivity index (χ4v) is 2.76. The van der Waals surface area contributed by atoms with Crippen LogP contribution in [0.3, 0.4) is 0 Å². The summed E-state index contributed by atoms with van der Waals surface area (Å²) in [7, 11) is -2.80. The van der Waals surface area contributed by atoms with Crippen LogP contribution in [0.4, 0.5) is 16.5 Å². The molecule has 9 nitrogen and oxygen atoms in total. The Hall–Kier alpha value is -1.95. The van der Waals surface area contributed by atoms with E-state index in [1.165, 1.54) is 11.3 Å². The summed E-state index contributed by atoms with van der Waals surface area (Å²) in [5.41, 5.74) is 3.31. The van der Waals surface area contributed by atoms with Crippen molar-refractivity contribution in [2.75, 3.05) is 31.7 Å². The molecule has 0 aliphatic carbocycles. The number of azo groups is 1. The van der Waals surface area contributed by atoms with Crippen LogP contribution in [0.25, 0.3) is 0 Å². The van der Waals surface area contributed by atoms with Crippen molar-refractivity contribution in [2.45, 2.75) is 13.3 Å². The molecule has 0 bridgehead atoms. The molecule has 0 spiro atoms. The van der Waals surface area contributed by atoms with Crippen molar-refractivity contribution in [3.63, 3.8) is 0 Å². The van der Waals surface area contributed by atoms with Crippen molar-refractivity contribution in [3.05, 3.63) is 29.8 Å². The summed E-state index contributed by atoms with van der Waals surface area (Å²) in [6.45, 7) is 3.53. The van der Waals surface area contributed by atoms with E-state index in [2.05, 4.69) is 33.7 Å². The van der Waals surface area contributed by atoms with Gasteiger partial charge in [-0.1, -0.05) is 11.3 Å². The van der Waals surface area contributed by atoms with Crippen LogP contribution in [0.1, 0.15) is 13.3 Å². The van der Waals surface area contributed by atoms with Gasteiger partial charge in [0.05, 0.1) is 19.4 Å². The minimum atomic E-state index is -3.87. The molecule has 1 heterocycles. The van der Waals surface area contributed by atoms with Crippen LogP contribution in [0.5, 0.6) is 0 Å². The van der Waals surface area contributed by atoms with E-state index in [9.17, 15) is 8.42 Å². The molecule has 2 aromatic rings. The fraction of sp³-hybridized carbons (Fsp3) is 0.429. The predicted molar refractivity (Wildman–Crippen MR) is 94.9 cm³/mol. The molecule has 11 heteroatoms. The minimum Gasteiger partial charge on any atom is -0.372 e. The van der Waals surface area contributed by atoms with E-state index in [0.29, 0.717) is 23.8 Å². The van der Waals surface area contributed by atoms with Crippen molar-refractivity contribution in [2.24, 2.45) is 10.2 Å². The lowest BCUT2D eigenvalue weighted by molar-refractivity contribution is 0.241. The molecule has 1 aromatic heterocycles. The van der Waals surface area contributed by atoms with Crippen LogP contribution in [-0.2, 0) is 18.8 Å². The van der Waals surface area contributed by atoms with Gasteiger partial charge in [0.1, 0.15) is 5.51 Å². The predicted octanol–water partition coefficient (Wildman–Crippen LogP) is 3.08. The molecule has 0 N–H and O–H groups in total. The van der Waals surface area contributed by atoms with Crippen LogP contribution in [0, 0.1) is 0 Å². The lowest BCUT2D eigenvalue weighted by Gasteiger charge is -2.23. The zero-order valence-electron chi connectivity index (χ0n) is 13.9. The van der Waals surface area contributed by atoms with Crippen molar-refractivity contribution >= 4 is 38.2 Å². The van der Waals surface area contributed by atoms with Gasteiger partial charge in [0, 0.05) is 18.8 Å². The lowest BCUT2D eigenvalue weighted by Crippen LogP contribution is -2.25. The van der Waals surface area contributed by atoms with Crippen molar-refractivity contribution in [1.82, 2.24) is 10.2 Å². The minimum absolute atomic E-state index is 0.0703. The number of hydrogen-bond acceptors (Lipinski definition) is 10. The largest absolute Gasteiger partial charge is 0.399 e. The second-order valence-electron chi connectivity index (χ2n) is 4.77. The summed E-state index contributed by atoms with van der Waals surface area (Å²) in [5.74, 6) is 0. The van der Waals surface area contributed by atoms with Gasteiger partial charge in [-0.15, -0.1) is 20.4 Å². The second kappa shape index (κ2) is 9.51. The van der Waals surface area contributed by atoms with E-state index < -0.39 is 10.4 Å². The average molecular weight is 385 g/mol. The van der Waals surface area contributed by atoms with Crippen LogP contribution < -0.4 is 4.90 Å². The van der Waals surface area contributed by atoms with Gasteiger partial charge in [0.25, 0.3) is 5.13 Å². The molecule has 0 fully saturated rings. The summed E-state index contributed by atoms with van der Waals surface area (Å²) >= 11 is 1.31. The van der Waals surface area contributed by atoms with Crippen LogP contribution in [0.15, 0.2) is 40.0 Å².